The van der Waals surface area contributed by atoms with Gasteiger partial charge in [0.2, 0.25) is 0 Å². The standard InChI is InChI=1S/C12H10FN5O3/c13-7-3-9(11(14)10(4-7)18(20)21)12(19)16-5-8-1-2-15-6-17-8/h1-4,6H,5,14H2,(H,16,19). The van der Waals surface area contributed by atoms with Crippen molar-refractivity contribution in [1.29, 1.82) is 0 Å². The van der Waals surface area contributed by atoms with Crippen molar-refractivity contribution in [3.63, 3.8) is 0 Å². The van der Waals surface area contributed by atoms with Crippen LogP contribution >= 0.6 is 0 Å². The van der Waals surface area contributed by atoms with Crippen molar-refractivity contribution >= 4 is 17.3 Å². The molecule has 1 aromatic carbocycles. The van der Waals surface area contributed by atoms with Gasteiger partial charge in [0.05, 0.1) is 28.8 Å². The Kier molecular flexibility index (Phi) is 4.02. The second-order valence-electron chi connectivity index (χ2n) is 4.03. The lowest BCUT2D eigenvalue weighted by Crippen LogP contribution is -2.24. The van der Waals surface area contributed by atoms with Crippen LogP contribution in [-0.2, 0) is 6.54 Å². The van der Waals surface area contributed by atoms with Crippen LogP contribution in [0.1, 0.15) is 16.1 Å². The van der Waals surface area contributed by atoms with Gasteiger partial charge in [0, 0.05) is 6.20 Å². The zero-order valence-corrected chi connectivity index (χ0v) is 10.6. The molecule has 0 unspecified atom stereocenters. The van der Waals surface area contributed by atoms with E-state index in [1.165, 1.54) is 12.5 Å². The van der Waals surface area contributed by atoms with E-state index >= 15 is 0 Å². The van der Waals surface area contributed by atoms with E-state index in [1.807, 2.05) is 0 Å². The molecule has 108 valence electrons. The monoisotopic (exact) mass is 291 g/mol. The van der Waals surface area contributed by atoms with Crippen LogP contribution in [0.25, 0.3) is 0 Å². The van der Waals surface area contributed by atoms with Crippen LogP contribution < -0.4 is 11.1 Å². The molecule has 1 amide bonds. The number of nitrogens with zero attached hydrogens (tertiary/aromatic N) is 3. The molecule has 0 radical (unpaired) electrons. The molecule has 21 heavy (non-hydrogen) atoms. The SMILES string of the molecule is Nc1c(C(=O)NCc2ccncn2)cc(F)cc1[N+](=O)[O-]. The molecule has 0 fully saturated rings. The number of nitro groups is 1. The minimum Gasteiger partial charge on any atom is -0.393 e. The lowest BCUT2D eigenvalue weighted by atomic mass is 10.1. The molecular formula is C12H10FN5O3. The van der Waals surface area contributed by atoms with Crippen molar-refractivity contribution in [1.82, 2.24) is 15.3 Å². The molecule has 0 aliphatic carbocycles. The van der Waals surface area contributed by atoms with Gasteiger partial charge in [-0.2, -0.15) is 0 Å². The zero-order valence-electron chi connectivity index (χ0n) is 10.6. The Morgan fingerprint density at radius 2 is 2.24 bits per heavy atom. The van der Waals surface area contributed by atoms with Crippen LogP contribution in [0.4, 0.5) is 15.8 Å². The number of hydrogen-bond donors (Lipinski definition) is 2. The molecule has 3 N–H and O–H groups in total. The highest BCUT2D eigenvalue weighted by Gasteiger charge is 2.21. The van der Waals surface area contributed by atoms with Gasteiger partial charge in [0.15, 0.2) is 0 Å². The van der Waals surface area contributed by atoms with Crippen molar-refractivity contribution in [3.05, 3.63) is 57.9 Å². The largest absolute Gasteiger partial charge is 0.393 e. The third-order valence-electron chi connectivity index (χ3n) is 2.64. The third kappa shape index (κ3) is 3.26. The quantitative estimate of drug-likeness (QED) is 0.492. The van der Waals surface area contributed by atoms with Crippen LogP contribution in [-0.4, -0.2) is 20.8 Å². The number of rotatable bonds is 4. The Balaban J connectivity index is 2.21. The average Bonchev–Trinajstić information content (AvgIpc) is 2.47. The zero-order chi connectivity index (χ0) is 15.4. The Labute approximate surface area is 118 Å². The van der Waals surface area contributed by atoms with E-state index in [1.54, 1.807) is 6.07 Å². The maximum absolute atomic E-state index is 13.3. The molecule has 0 aliphatic rings. The smallest absolute Gasteiger partial charge is 0.295 e. The number of anilines is 1. The maximum atomic E-state index is 13.3. The van der Waals surface area contributed by atoms with Crippen molar-refractivity contribution in [3.8, 4) is 0 Å². The molecule has 1 heterocycles. The highest BCUT2D eigenvalue weighted by Crippen LogP contribution is 2.26. The molecule has 0 saturated carbocycles. The topological polar surface area (TPSA) is 124 Å². The van der Waals surface area contributed by atoms with Gasteiger partial charge in [0.25, 0.3) is 11.6 Å². The molecule has 2 aromatic rings. The predicted octanol–water partition coefficient (Wildman–Crippen LogP) is 1.04. The van der Waals surface area contributed by atoms with Gasteiger partial charge >= 0.3 is 0 Å². The van der Waals surface area contributed by atoms with Crippen molar-refractivity contribution in [2.45, 2.75) is 6.54 Å². The number of amides is 1. The summed E-state index contributed by atoms with van der Waals surface area (Å²) >= 11 is 0. The summed E-state index contributed by atoms with van der Waals surface area (Å²) in [5.74, 6) is -1.64. The van der Waals surface area contributed by atoms with E-state index in [4.69, 9.17) is 5.73 Å². The lowest BCUT2D eigenvalue weighted by molar-refractivity contribution is -0.384. The van der Waals surface area contributed by atoms with Gasteiger partial charge in [0.1, 0.15) is 17.8 Å². The number of carbonyl (C=O) groups excluding carboxylic acids is 1. The number of hydrogen-bond acceptors (Lipinski definition) is 6. The molecule has 2 rings (SSSR count). The Hall–Kier alpha value is -3.10. The first-order chi connectivity index (χ1) is 9.99. The molecule has 0 aliphatic heterocycles. The minimum atomic E-state index is -0.914. The number of carbonyl (C=O) groups is 1. The molecule has 8 nitrogen and oxygen atoms in total. The van der Waals surface area contributed by atoms with Crippen LogP contribution in [0, 0.1) is 15.9 Å². The predicted molar refractivity (Wildman–Crippen MR) is 70.7 cm³/mol. The first kappa shape index (κ1) is 14.3. The number of benzene rings is 1. The van der Waals surface area contributed by atoms with Crippen LogP contribution in [0.2, 0.25) is 0 Å². The van der Waals surface area contributed by atoms with E-state index in [2.05, 4.69) is 15.3 Å². The fourth-order valence-electron chi connectivity index (χ4n) is 1.63. The molecule has 0 bridgehead atoms. The summed E-state index contributed by atoms with van der Waals surface area (Å²) in [5, 5.41) is 13.2. The van der Waals surface area contributed by atoms with Crippen molar-refractivity contribution < 1.29 is 14.1 Å². The molecule has 0 saturated heterocycles. The molecular weight excluding hydrogens is 281 g/mol. The third-order valence-corrected chi connectivity index (χ3v) is 2.64. The van der Waals surface area contributed by atoms with Crippen LogP contribution in [0.5, 0.6) is 0 Å². The number of halogens is 1. The summed E-state index contributed by atoms with van der Waals surface area (Å²) in [6, 6.07) is 3.09. The summed E-state index contributed by atoms with van der Waals surface area (Å²) in [7, 11) is 0. The first-order valence-electron chi connectivity index (χ1n) is 5.75. The van der Waals surface area contributed by atoms with Gasteiger partial charge in [-0.25, -0.2) is 14.4 Å². The normalized spacial score (nSPS) is 10.1. The molecule has 0 atom stereocenters. The van der Waals surface area contributed by atoms with E-state index in [0.717, 1.165) is 6.07 Å². The number of nitrogen functional groups attached to an aromatic ring is 1. The second-order valence-corrected chi connectivity index (χ2v) is 4.03. The highest BCUT2D eigenvalue weighted by molar-refractivity contribution is 6.00. The number of nitrogens with one attached hydrogen (secondary N) is 1. The lowest BCUT2D eigenvalue weighted by Gasteiger charge is -2.07. The van der Waals surface area contributed by atoms with E-state index in [9.17, 15) is 19.3 Å². The van der Waals surface area contributed by atoms with Gasteiger partial charge in [-0.1, -0.05) is 0 Å². The second kappa shape index (κ2) is 5.90. The fourth-order valence-corrected chi connectivity index (χ4v) is 1.63. The van der Waals surface area contributed by atoms with Crippen molar-refractivity contribution in [2.24, 2.45) is 0 Å². The van der Waals surface area contributed by atoms with Crippen LogP contribution in [0.15, 0.2) is 30.7 Å². The summed E-state index contributed by atoms with van der Waals surface area (Å²) in [6.07, 6.45) is 2.80. The number of nitro benzene ring substituents is 1. The van der Waals surface area contributed by atoms with E-state index < -0.39 is 22.3 Å². The Bertz CT molecular complexity index is 693. The number of aromatic nitrogens is 2. The number of nitrogens with two attached hydrogens (primary N) is 1. The average molecular weight is 291 g/mol. The molecule has 9 heteroatoms. The van der Waals surface area contributed by atoms with Gasteiger partial charge < -0.3 is 11.1 Å². The molecule has 0 spiro atoms. The Morgan fingerprint density at radius 1 is 1.48 bits per heavy atom. The van der Waals surface area contributed by atoms with Gasteiger partial charge in [-0.3, -0.25) is 14.9 Å². The summed E-state index contributed by atoms with van der Waals surface area (Å²) in [6.45, 7) is 0.0606. The fraction of sp³-hybridized carbons (Fsp3) is 0.0833. The first-order valence-corrected chi connectivity index (χ1v) is 5.75. The van der Waals surface area contributed by atoms with Crippen molar-refractivity contribution in [2.75, 3.05) is 5.73 Å². The van der Waals surface area contributed by atoms with Crippen LogP contribution in [0.3, 0.4) is 0 Å². The summed E-state index contributed by atoms with van der Waals surface area (Å²) in [4.78, 5) is 29.4. The summed E-state index contributed by atoms with van der Waals surface area (Å²) in [5.41, 5.74) is 4.72. The summed E-state index contributed by atoms with van der Waals surface area (Å²) < 4.78 is 13.3. The highest BCUT2D eigenvalue weighted by atomic mass is 19.1. The van der Waals surface area contributed by atoms with E-state index in [-0.39, 0.29) is 17.8 Å². The minimum absolute atomic E-state index is 0.0606. The maximum Gasteiger partial charge on any atom is 0.295 e. The van der Waals surface area contributed by atoms with Gasteiger partial charge in [-0.15, -0.1) is 0 Å². The Morgan fingerprint density at radius 3 is 2.86 bits per heavy atom. The van der Waals surface area contributed by atoms with E-state index in [0.29, 0.717) is 11.8 Å². The van der Waals surface area contributed by atoms with Gasteiger partial charge in [-0.05, 0) is 12.1 Å². The molecule has 1 aromatic heterocycles.